The summed E-state index contributed by atoms with van der Waals surface area (Å²) in [6.07, 6.45) is 0. The molecule has 0 saturated heterocycles. The molecular formula is C44H34N2. The summed E-state index contributed by atoms with van der Waals surface area (Å²) in [4.78, 5) is 2.42. The second-order valence-corrected chi connectivity index (χ2v) is 13.1. The number of hydrogen-bond acceptors (Lipinski definition) is 1. The van der Waals surface area contributed by atoms with Gasteiger partial charge in [-0.25, -0.2) is 0 Å². The van der Waals surface area contributed by atoms with Crippen LogP contribution in [0.5, 0.6) is 0 Å². The van der Waals surface area contributed by atoms with Gasteiger partial charge in [-0.05, 0) is 100 Å². The maximum Gasteiger partial charge on any atom is 0.0547 e. The average molecular weight is 591 g/mol. The van der Waals surface area contributed by atoms with Crippen LogP contribution < -0.4 is 4.90 Å². The first-order valence-electron chi connectivity index (χ1n) is 16.1. The van der Waals surface area contributed by atoms with Gasteiger partial charge in [0.25, 0.3) is 0 Å². The second kappa shape index (κ2) is 9.95. The molecular weight excluding hydrogens is 556 g/mol. The zero-order chi connectivity index (χ0) is 31.0. The van der Waals surface area contributed by atoms with Gasteiger partial charge in [-0.1, -0.05) is 111 Å². The number of nitrogens with zero attached hydrogens (tertiary/aromatic N) is 2. The molecule has 1 aliphatic rings. The Hall–Kier alpha value is -5.60. The van der Waals surface area contributed by atoms with E-state index < -0.39 is 0 Å². The number of para-hydroxylation sites is 2. The summed E-state index contributed by atoms with van der Waals surface area (Å²) in [5.41, 5.74) is 13.5. The van der Waals surface area contributed by atoms with E-state index in [4.69, 9.17) is 0 Å². The van der Waals surface area contributed by atoms with Crippen LogP contribution >= 0.6 is 0 Å². The Kier molecular flexibility index (Phi) is 5.79. The van der Waals surface area contributed by atoms with E-state index in [9.17, 15) is 0 Å². The van der Waals surface area contributed by atoms with E-state index in [0.29, 0.717) is 0 Å². The van der Waals surface area contributed by atoms with Crippen LogP contribution in [-0.2, 0) is 5.41 Å². The van der Waals surface area contributed by atoms with Gasteiger partial charge < -0.3 is 9.47 Å². The van der Waals surface area contributed by atoms with Crippen LogP contribution in [0.4, 0.5) is 17.1 Å². The van der Waals surface area contributed by atoms with Crippen LogP contribution in [0.1, 0.15) is 30.5 Å². The van der Waals surface area contributed by atoms with E-state index in [2.05, 4.69) is 182 Å². The molecule has 1 aromatic heterocycles. The molecule has 9 rings (SSSR count). The maximum atomic E-state index is 2.45. The number of hydrogen-bond donors (Lipinski definition) is 0. The van der Waals surface area contributed by atoms with Crippen LogP contribution in [0.25, 0.3) is 49.4 Å². The molecule has 0 saturated carbocycles. The van der Waals surface area contributed by atoms with Gasteiger partial charge in [-0.15, -0.1) is 0 Å². The van der Waals surface area contributed by atoms with E-state index in [0.717, 1.165) is 0 Å². The predicted octanol–water partition coefficient (Wildman–Crippen LogP) is 12.0. The molecule has 0 amide bonds. The lowest BCUT2D eigenvalue weighted by atomic mass is 9.73. The van der Waals surface area contributed by atoms with E-state index in [1.54, 1.807) is 0 Å². The van der Waals surface area contributed by atoms with Crippen LogP contribution in [0.2, 0.25) is 0 Å². The number of rotatable bonds is 3. The number of fused-ring (bicyclic) bond motifs is 7. The summed E-state index contributed by atoms with van der Waals surface area (Å²) < 4.78 is 2.45. The number of aryl methyl sites for hydroxylation is 1. The molecule has 1 aliphatic heterocycles. The summed E-state index contributed by atoms with van der Waals surface area (Å²) >= 11 is 0. The van der Waals surface area contributed by atoms with Crippen molar-refractivity contribution in [3.63, 3.8) is 0 Å². The molecule has 220 valence electrons. The lowest BCUT2D eigenvalue weighted by Crippen LogP contribution is -2.30. The van der Waals surface area contributed by atoms with E-state index in [1.807, 2.05) is 0 Å². The highest BCUT2D eigenvalue weighted by Crippen LogP contribution is 2.52. The van der Waals surface area contributed by atoms with E-state index >= 15 is 0 Å². The Labute approximate surface area is 269 Å². The molecule has 46 heavy (non-hydrogen) atoms. The van der Waals surface area contributed by atoms with Crippen molar-refractivity contribution in [3.05, 3.63) is 168 Å². The van der Waals surface area contributed by atoms with Crippen LogP contribution in [0.15, 0.2) is 152 Å². The van der Waals surface area contributed by atoms with Gasteiger partial charge in [0, 0.05) is 27.6 Å². The maximum absolute atomic E-state index is 2.45. The highest BCUT2D eigenvalue weighted by atomic mass is 15.2. The minimum atomic E-state index is -0.160. The topological polar surface area (TPSA) is 8.17 Å². The van der Waals surface area contributed by atoms with Gasteiger partial charge in [0.1, 0.15) is 0 Å². The molecule has 0 unspecified atom stereocenters. The average Bonchev–Trinajstić information content (AvgIpc) is 3.43. The first-order valence-corrected chi connectivity index (χ1v) is 16.1. The van der Waals surface area contributed by atoms with Gasteiger partial charge in [-0.2, -0.15) is 0 Å². The van der Waals surface area contributed by atoms with Gasteiger partial charge in [-0.3, -0.25) is 0 Å². The summed E-state index contributed by atoms with van der Waals surface area (Å²) in [6, 6.07) is 55.8. The van der Waals surface area contributed by atoms with Crippen molar-refractivity contribution in [1.82, 2.24) is 4.57 Å². The molecule has 0 radical (unpaired) electrons. The summed E-state index contributed by atoms with van der Waals surface area (Å²) in [7, 11) is 0. The van der Waals surface area contributed by atoms with Crippen molar-refractivity contribution in [3.8, 4) is 16.8 Å². The SMILES string of the molecule is Cc1cccc(-n2c3cc(-c4ccc5c(c4)C(C)(C)c4ccccc4N5c4ccccc4)ccc3c3c4ccccc4ccc32)c1. The monoisotopic (exact) mass is 590 g/mol. The molecule has 0 N–H and O–H groups in total. The lowest BCUT2D eigenvalue weighted by molar-refractivity contribution is 0.632. The van der Waals surface area contributed by atoms with Gasteiger partial charge in [0.2, 0.25) is 0 Å². The highest BCUT2D eigenvalue weighted by molar-refractivity contribution is 6.21. The quantitative estimate of drug-likeness (QED) is 0.199. The highest BCUT2D eigenvalue weighted by Gasteiger charge is 2.37. The predicted molar refractivity (Wildman–Crippen MR) is 195 cm³/mol. The van der Waals surface area contributed by atoms with Crippen LogP contribution in [0.3, 0.4) is 0 Å². The Bertz CT molecular complexity index is 2460. The Morgan fingerprint density at radius 3 is 2.07 bits per heavy atom. The normalized spacial score (nSPS) is 13.7. The summed E-state index contributed by atoms with van der Waals surface area (Å²) in [6.45, 7) is 6.89. The smallest absolute Gasteiger partial charge is 0.0547 e. The number of benzene rings is 7. The van der Waals surface area contributed by atoms with E-state index in [-0.39, 0.29) is 5.41 Å². The third-order valence-electron chi connectivity index (χ3n) is 9.99. The molecule has 2 heteroatoms. The Morgan fingerprint density at radius 2 is 1.20 bits per heavy atom. The van der Waals surface area contributed by atoms with Gasteiger partial charge >= 0.3 is 0 Å². The Balaban J connectivity index is 1.29. The molecule has 7 aromatic carbocycles. The van der Waals surface area contributed by atoms with Crippen molar-refractivity contribution in [2.75, 3.05) is 4.90 Å². The van der Waals surface area contributed by atoms with E-state index in [1.165, 1.54) is 83.1 Å². The lowest BCUT2D eigenvalue weighted by Gasteiger charge is -2.42. The van der Waals surface area contributed by atoms with Crippen molar-refractivity contribution in [1.29, 1.82) is 0 Å². The fourth-order valence-corrected chi connectivity index (χ4v) is 7.75. The van der Waals surface area contributed by atoms with Crippen molar-refractivity contribution in [2.45, 2.75) is 26.2 Å². The molecule has 0 aliphatic carbocycles. The fraction of sp³-hybridized carbons (Fsp3) is 0.0909. The largest absolute Gasteiger partial charge is 0.310 e. The van der Waals surface area contributed by atoms with Crippen molar-refractivity contribution >= 4 is 49.6 Å². The standard InChI is InChI=1S/C44H34N2/c1-29-12-11-16-34(26-29)46-41-25-21-30-13-7-8-17-35(30)43(41)36-23-20-32(28-42(36)46)31-22-24-40-38(27-31)44(2,3)37-18-9-10-19-39(37)45(40)33-14-5-4-6-15-33/h4-28H,1-3H3. The third-order valence-corrected chi connectivity index (χ3v) is 9.99. The summed E-state index contributed by atoms with van der Waals surface area (Å²) in [5, 5.41) is 5.14. The fourth-order valence-electron chi connectivity index (χ4n) is 7.75. The van der Waals surface area contributed by atoms with Crippen LogP contribution in [-0.4, -0.2) is 4.57 Å². The molecule has 0 atom stereocenters. The number of aromatic nitrogens is 1. The molecule has 2 heterocycles. The minimum absolute atomic E-state index is 0.160. The minimum Gasteiger partial charge on any atom is -0.310 e. The first-order chi connectivity index (χ1) is 22.5. The molecule has 2 nitrogen and oxygen atoms in total. The third kappa shape index (κ3) is 3.90. The zero-order valence-corrected chi connectivity index (χ0v) is 26.3. The van der Waals surface area contributed by atoms with Gasteiger partial charge in [0.05, 0.1) is 22.4 Å². The summed E-state index contributed by atoms with van der Waals surface area (Å²) in [5.74, 6) is 0. The Morgan fingerprint density at radius 1 is 0.478 bits per heavy atom. The number of anilines is 3. The van der Waals surface area contributed by atoms with Crippen LogP contribution in [0, 0.1) is 6.92 Å². The van der Waals surface area contributed by atoms with Gasteiger partial charge in [0.15, 0.2) is 0 Å². The molecule has 0 spiro atoms. The van der Waals surface area contributed by atoms with Crippen molar-refractivity contribution in [2.24, 2.45) is 0 Å². The zero-order valence-electron chi connectivity index (χ0n) is 26.3. The molecule has 0 fully saturated rings. The second-order valence-electron chi connectivity index (χ2n) is 13.1. The molecule has 0 bridgehead atoms. The molecule has 8 aromatic rings. The van der Waals surface area contributed by atoms with Crippen molar-refractivity contribution < 1.29 is 0 Å². The first kappa shape index (κ1) is 26.8.